The smallest absolute Gasteiger partial charge is 0.345 e. The highest BCUT2D eigenvalue weighted by Gasteiger charge is 2.34. The number of nitrogen functional groups attached to an aromatic ring is 1. The largest absolute Gasteiger partial charge is 0.489 e. The van der Waals surface area contributed by atoms with Crippen molar-refractivity contribution in [3.63, 3.8) is 0 Å². The van der Waals surface area contributed by atoms with E-state index in [1.54, 1.807) is 38.1 Å². The molecule has 0 spiro atoms. The number of aromatic nitrogens is 2. The Labute approximate surface area is 257 Å². The van der Waals surface area contributed by atoms with Crippen molar-refractivity contribution in [2.75, 3.05) is 18.9 Å². The van der Waals surface area contributed by atoms with Crippen molar-refractivity contribution in [1.82, 2.24) is 20.0 Å². The fourth-order valence-electron chi connectivity index (χ4n) is 5.00. The number of ether oxygens (including phenoxy) is 2. The molecular weight excluding hydrogens is 594 g/mol. The number of allylic oxidation sites excluding steroid dienone is 8. The zero-order valence-corrected chi connectivity index (χ0v) is 24.7. The highest BCUT2D eigenvalue weighted by molar-refractivity contribution is 6.11. The van der Waals surface area contributed by atoms with Gasteiger partial charge in [0.25, 0.3) is 0 Å². The third-order valence-electron chi connectivity index (χ3n) is 6.99. The summed E-state index contributed by atoms with van der Waals surface area (Å²) in [6, 6.07) is 1.90. The monoisotopic (exact) mass is 627 g/mol. The van der Waals surface area contributed by atoms with Crippen molar-refractivity contribution in [2.24, 2.45) is 0 Å². The van der Waals surface area contributed by atoms with Gasteiger partial charge in [-0.2, -0.15) is 13.9 Å². The molecule has 9 nitrogen and oxygen atoms in total. The van der Waals surface area contributed by atoms with Gasteiger partial charge in [0, 0.05) is 24.7 Å². The molecule has 1 amide bonds. The SMILES string of the molecule is C=C(F)/C=C\C=C/COc1cc(C)c(-n2ncc(C(=O)/C3=C/C=C/C(OC(F)F)C(N4CCCC4=O)/C=C(\C)N3)c2N)c(F)c1. The minimum Gasteiger partial charge on any atom is -0.489 e. The van der Waals surface area contributed by atoms with Crippen LogP contribution in [-0.2, 0) is 9.53 Å². The molecule has 2 aliphatic rings. The second-order valence-corrected chi connectivity index (χ2v) is 10.3. The first kappa shape index (κ1) is 33.0. The minimum atomic E-state index is -3.09. The number of amides is 1. The average molecular weight is 628 g/mol. The Morgan fingerprint density at radius 2 is 2.07 bits per heavy atom. The number of nitrogens with two attached hydrogens (primary N) is 1. The van der Waals surface area contributed by atoms with Crippen LogP contribution in [-0.4, -0.2) is 58.3 Å². The summed E-state index contributed by atoms with van der Waals surface area (Å²) in [5.74, 6) is -1.96. The number of halogens is 4. The zero-order chi connectivity index (χ0) is 32.7. The van der Waals surface area contributed by atoms with E-state index in [2.05, 4.69) is 17.0 Å². The lowest BCUT2D eigenvalue weighted by Gasteiger charge is -2.31. The number of Topliss-reactive ketones (excluding diaryl/α,β-unsaturated/α-hetero) is 1. The number of nitrogens with one attached hydrogen (secondary N) is 1. The summed E-state index contributed by atoms with van der Waals surface area (Å²) in [4.78, 5) is 27.5. The number of likely N-dealkylation sites (tertiary alicyclic amines) is 1. The molecule has 0 radical (unpaired) electrons. The van der Waals surface area contributed by atoms with Crippen LogP contribution in [0.25, 0.3) is 5.69 Å². The van der Waals surface area contributed by atoms with Crippen molar-refractivity contribution < 1.29 is 36.6 Å². The molecule has 1 fully saturated rings. The van der Waals surface area contributed by atoms with Gasteiger partial charge < -0.3 is 25.4 Å². The topological polar surface area (TPSA) is 112 Å². The van der Waals surface area contributed by atoms with Crippen LogP contribution in [0.3, 0.4) is 0 Å². The van der Waals surface area contributed by atoms with Crippen molar-refractivity contribution >= 4 is 17.5 Å². The van der Waals surface area contributed by atoms with Crippen LogP contribution >= 0.6 is 0 Å². The van der Waals surface area contributed by atoms with Crippen molar-refractivity contribution in [3.05, 3.63) is 108 Å². The first-order valence-electron chi connectivity index (χ1n) is 14.0. The number of ketones is 1. The number of rotatable bonds is 11. The highest BCUT2D eigenvalue weighted by Crippen LogP contribution is 2.29. The Morgan fingerprint density at radius 3 is 2.73 bits per heavy atom. The highest BCUT2D eigenvalue weighted by atomic mass is 19.3. The van der Waals surface area contributed by atoms with E-state index in [0.29, 0.717) is 30.6 Å². The second kappa shape index (κ2) is 14.7. The molecule has 4 rings (SSSR count). The average Bonchev–Trinajstić information content (AvgIpc) is 3.57. The van der Waals surface area contributed by atoms with Crippen LogP contribution in [0.15, 0.2) is 90.7 Å². The molecule has 0 bridgehead atoms. The van der Waals surface area contributed by atoms with Gasteiger partial charge in [0.1, 0.15) is 35.8 Å². The van der Waals surface area contributed by atoms with E-state index >= 15 is 4.39 Å². The van der Waals surface area contributed by atoms with E-state index in [-0.39, 0.29) is 41.0 Å². The van der Waals surface area contributed by atoms with Crippen molar-refractivity contribution in [1.29, 1.82) is 0 Å². The van der Waals surface area contributed by atoms with Gasteiger partial charge in [-0.1, -0.05) is 30.9 Å². The molecule has 1 aromatic heterocycles. The van der Waals surface area contributed by atoms with Gasteiger partial charge in [0.2, 0.25) is 11.7 Å². The van der Waals surface area contributed by atoms with Crippen LogP contribution in [0, 0.1) is 12.7 Å². The Hall–Kier alpha value is -4.91. The summed E-state index contributed by atoms with van der Waals surface area (Å²) >= 11 is 0. The lowest BCUT2D eigenvalue weighted by atomic mass is 10.1. The number of aryl methyl sites for hydroxylation is 1. The minimum absolute atomic E-state index is 0.0105. The van der Waals surface area contributed by atoms with E-state index in [4.69, 9.17) is 15.2 Å². The summed E-state index contributed by atoms with van der Waals surface area (Å²) in [5.41, 5.74) is 7.14. The number of carbonyl (C=O) groups is 2. The molecule has 0 saturated carbocycles. The van der Waals surface area contributed by atoms with E-state index in [0.717, 1.165) is 10.7 Å². The van der Waals surface area contributed by atoms with Gasteiger partial charge in [-0.25, -0.2) is 13.5 Å². The molecule has 2 unspecified atom stereocenters. The molecule has 3 heterocycles. The summed E-state index contributed by atoms with van der Waals surface area (Å²) in [5, 5.41) is 7.13. The Bertz CT molecular complexity index is 1590. The maximum atomic E-state index is 15.3. The molecule has 1 aromatic carbocycles. The predicted molar refractivity (Wildman–Crippen MR) is 161 cm³/mol. The van der Waals surface area contributed by atoms with Crippen LogP contribution in [0.2, 0.25) is 0 Å². The van der Waals surface area contributed by atoms with E-state index in [1.165, 1.54) is 41.5 Å². The normalized spacial score (nSPS) is 22.0. The molecule has 0 aliphatic carbocycles. The number of alkyl halides is 2. The fourth-order valence-corrected chi connectivity index (χ4v) is 5.00. The molecule has 238 valence electrons. The zero-order valence-electron chi connectivity index (χ0n) is 24.7. The van der Waals surface area contributed by atoms with E-state index < -0.39 is 36.2 Å². The van der Waals surface area contributed by atoms with Crippen molar-refractivity contribution in [3.8, 4) is 11.4 Å². The first-order valence-corrected chi connectivity index (χ1v) is 14.0. The molecule has 2 aliphatic heterocycles. The third-order valence-corrected chi connectivity index (χ3v) is 6.99. The molecule has 45 heavy (non-hydrogen) atoms. The lowest BCUT2D eigenvalue weighted by Crippen LogP contribution is -2.44. The van der Waals surface area contributed by atoms with Crippen LogP contribution in [0.1, 0.15) is 35.7 Å². The van der Waals surface area contributed by atoms with Crippen LogP contribution in [0.4, 0.5) is 23.4 Å². The number of anilines is 1. The summed E-state index contributed by atoms with van der Waals surface area (Å²) < 4.78 is 65.9. The van der Waals surface area contributed by atoms with Crippen molar-refractivity contribution in [2.45, 2.75) is 45.4 Å². The Morgan fingerprint density at radius 1 is 1.29 bits per heavy atom. The summed E-state index contributed by atoms with van der Waals surface area (Å²) in [7, 11) is 0. The van der Waals surface area contributed by atoms with Gasteiger partial charge >= 0.3 is 6.61 Å². The van der Waals surface area contributed by atoms with Gasteiger partial charge in [0.15, 0.2) is 5.82 Å². The van der Waals surface area contributed by atoms with E-state index in [1.807, 2.05) is 0 Å². The van der Waals surface area contributed by atoms with Crippen LogP contribution < -0.4 is 15.8 Å². The number of hydrogen-bond donors (Lipinski definition) is 2. The van der Waals surface area contributed by atoms with Gasteiger partial charge in [-0.15, -0.1) is 0 Å². The van der Waals surface area contributed by atoms with Gasteiger partial charge in [0.05, 0.1) is 23.5 Å². The molecule has 2 aromatic rings. The maximum Gasteiger partial charge on any atom is 0.345 e. The standard InChI is InChI=1S/C32H33F4N5O4/c1-19-15-22(44-14-6-4-5-9-20(2)33)17-24(34)29(19)41-31(37)23(18-38-41)30(43)25-10-7-11-27(45-32(35)36)26(16-21(3)39-25)40-13-8-12-28(40)42/h4-7,9-11,15-18,26-27,32,39H,2,8,12-14,37H2,1,3H3/b6-4-,9-5-,11-7+,21-16+,25-10-. The molecule has 1 saturated heterocycles. The Kier molecular flexibility index (Phi) is 10.8. The summed E-state index contributed by atoms with van der Waals surface area (Å²) in [6.07, 6.45) is 12.4. The molecule has 3 N–H and O–H groups in total. The van der Waals surface area contributed by atoms with Gasteiger partial charge in [-0.05, 0) is 56.2 Å². The van der Waals surface area contributed by atoms with Gasteiger partial charge in [-0.3, -0.25) is 9.59 Å². The van der Waals surface area contributed by atoms with E-state index in [9.17, 15) is 22.8 Å². The molecular formula is C32H33F4N5O4. The predicted octanol–water partition coefficient (Wildman–Crippen LogP) is 5.61. The van der Waals surface area contributed by atoms with Crippen LogP contribution in [0.5, 0.6) is 5.75 Å². The lowest BCUT2D eigenvalue weighted by molar-refractivity contribution is -0.164. The summed E-state index contributed by atoms with van der Waals surface area (Å²) in [6.45, 7) is 3.76. The number of nitrogens with zero attached hydrogens (tertiary/aromatic N) is 3. The fraction of sp³-hybridized carbons (Fsp3) is 0.281. The molecule has 13 heteroatoms. The molecule has 2 atom stereocenters. The first-order chi connectivity index (χ1) is 21.5. The Balaban J connectivity index is 1.57. The number of benzene rings is 1. The number of carbonyl (C=O) groups excluding carboxylic acids is 2. The number of hydrogen-bond acceptors (Lipinski definition) is 7. The third kappa shape index (κ3) is 8.18. The quantitative estimate of drug-likeness (QED) is 0.189. The maximum absolute atomic E-state index is 15.3. The second-order valence-electron chi connectivity index (χ2n) is 10.3.